The minimum atomic E-state index is -0.181. The third-order valence-electron chi connectivity index (χ3n) is 5.66. The molecule has 142 valence electrons. The van der Waals surface area contributed by atoms with E-state index in [2.05, 4.69) is 17.2 Å². The van der Waals surface area contributed by atoms with Crippen molar-refractivity contribution in [3.8, 4) is 0 Å². The third-order valence-corrected chi connectivity index (χ3v) is 5.66. The number of imidazole rings is 1. The smallest absolute Gasteiger partial charge is 0.272 e. The first-order valence-electron chi connectivity index (χ1n) is 9.76. The van der Waals surface area contributed by atoms with Crippen LogP contribution in [0.3, 0.4) is 0 Å². The molecule has 0 radical (unpaired) electrons. The molecule has 0 unspecified atom stereocenters. The van der Waals surface area contributed by atoms with E-state index in [0.717, 1.165) is 43.6 Å². The largest absolute Gasteiger partial charge is 0.347 e. The van der Waals surface area contributed by atoms with Gasteiger partial charge < -0.3 is 14.8 Å². The van der Waals surface area contributed by atoms with Crippen molar-refractivity contribution in [1.29, 1.82) is 0 Å². The summed E-state index contributed by atoms with van der Waals surface area (Å²) in [5.74, 6) is 0.859. The number of aromatic nitrogens is 2. The summed E-state index contributed by atoms with van der Waals surface area (Å²) in [4.78, 5) is 31.8. The van der Waals surface area contributed by atoms with Gasteiger partial charge in [0.25, 0.3) is 5.91 Å². The highest BCUT2D eigenvalue weighted by Gasteiger charge is 2.35. The molecular weight excluding hydrogens is 340 g/mol. The van der Waals surface area contributed by atoms with Crippen molar-refractivity contribution in [2.75, 3.05) is 6.54 Å². The maximum absolute atomic E-state index is 12.8. The van der Waals surface area contributed by atoms with Crippen LogP contribution in [0.25, 0.3) is 0 Å². The highest BCUT2D eigenvalue weighted by molar-refractivity contribution is 5.93. The van der Waals surface area contributed by atoms with Crippen LogP contribution >= 0.6 is 0 Å². The average Bonchev–Trinajstić information content (AvgIpc) is 2.93. The lowest BCUT2D eigenvalue weighted by atomic mass is 9.75. The summed E-state index contributed by atoms with van der Waals surface area (Å²) in [7, 11) is 0. The fourth-order valence-electron chi connectivity index (χ4n) is 4.06. The van der Waals surface area contributed by atoms with Gasteiger partial charge in [0.2, 0.25) is 5.91 Å². The summed E-state index contributed by atoms with van der Waals surface area (Å²) in [6.45, 7) is 4.67. The zero-order valence-electron chi connectivity index (χ0n) is 15.7. The molecule has 0 saturated heterocycles. The van der Waals surface area contributed by atoms with Gasteiger partial charge in [-0.1, -0.05) is 37.3 Å². The van der Waals surface area contributed by atoms with E-state index >= 15 is 0 Å². The van der Waals surface area contributed by atoms with E-state index in [9.17, 15) is 9.59 Å². The van der Waals surface area contributed by atoms with Crippen LogP contribution in [0.1, 0.15) is 47.9 Å². The molecule has 0 spiro atoms. The monoisotopic (exact) mass is 366 g/mol. The average molecular weight is 366 g/mol. The van der Waals surface area contributed by atoms with Crippen LogP contribution in [0.4, 0.5) is 0 Å². The lowest BCUT2D eigenvalue weighted by Crippen LogP contribution is -2.41. The lowest BCUT2D eigenvalue weighted by molar-refractivity contribution is -0.140. The highest BCUT2D eigenvalue weighted by Crippen LogP contribution is 2.35. The molecule has 6 nitrogen and oxygen atoms in total. The predicted molar refractivity (Wildman–Crippen MR) is 102 cm³/mol. The Morgan fingerprint density at radius 3 is 2.70 bits per heavy atom. The van der Waals surface area contributed by atoms with Crippen LogP contribution in [0.2, 0.25) is 0 Å². The van der Waals surface area contributed by atoms with Gasteiger partial charge in [-0.2, -0.15) is 0 Å². The van der Waals surface area contributed by atoms with Gasteiger partial charge >= 0.3 is 0 Å². The Kier molecular flexibility index (Phi) is 4.97. The predicted octanol–water partition coefficient (Wildman–Crippen LogP) is 2.59. The SMILES string of the molecule is CC1CC(C(=O)N2CCCn3cnc(C(=O)NCc4ccccc4)c3C2)C1. The van der Waals surface area contributed by atoms with Gasteiger partial charge in [0.15, 0.2) is 5.69 Å². The molecule has 2 aromatic rings. The summed E-state index contributed by atoms with van der Waals surface area (Å²) >= 11 is 0. The summed E-state index contributed by atoms with van der Waals surface area (Å²) in [6.07, 6.45) is 4.59. The van der Waals surface area contributed by atoms with Gasteiger partial charge in [-0.05, 0) is 30.7 Å². The molecule has 6 heteroatoms. The molecular formula is C21H26N4O2. The second kappa shape index (κ2) is 7.55. The number of nitrogens with zero attached hydrogens (tertiary/aromatic N) is 3. The van der Waals surface area contributed by atoms with Crippen LogP contribution in [0.5, 0.6) is 0 Å². The molecule has 0 bridgehead atoms. The van der Waals surface area contributed by atoms with Crippen molar-refractivity contribution in [2.24, 2.45) is 11.8 Å². The van der Waals surface area contributed by atoms with Crippen LogP contribution in [0, 0.1) is 11.8 Å². The van der Waals surface area contributed by atoms with E-state index in [1.54, 1.807) is 6.33 Å². The minimum Gasteiger partial charge on any atom is -0.347 e. The summed E-state index contributed by atoms with van der Waals surface area (Å²) in [6, 6.07) is 9.82. The van der Waals surface area contributed by atoms with Crippen molar-refractivity contribution in [3.63, 3.8) is 0 Å². The Hall–Kier alpha value is -2.63. The zero-order valence-corrected chi connectivity index (χ0v) is 15.7. The van der Waals surface area contributed by atoms with Crippen molar-refractivity contribution in [1.82, 2.24) is 19.8 Å². The Balaban J connectivity index is 1.46. The fraction of sp³-hybridized carbons (Fsp3) is 0.476. The maximum atomic E-state index is 12.8. The number of nitrogens with one attached hydrogen (secondary N) is 1. The van der Waals surface area contributed by atoms with E-state index < -0.39 is 0 Å². The normalized spacial score (nSPS) is 21.7. The van der Waals surface area contributed by atoms with Crippen molar-refractivity contribution < 1.29 is 9.59 Å². The molecule has 1 aromatic carbocycles. The first-order valence-corrected chi connectivity index (χ1v) is 9.76. The molecule has 2 amide bonds. The van der Waals surface area contributed by atoms with Gasteiger partial charge in [0, 0.05) is 25.6 Å². The highest BCUT2D eigenvalue weighted by atomic mass is 16.2. The van der Waals surface area contributed by atoms with Gasteiger partial charge in [-0.15, -0.1) is 0 Å². The molecule has 2 heterocycles. The number of amides is 2. The molecule has 0 atom stereocenters. The van der Waals surface area contributed by atoms with Gasteiger partial charge in [0.1, 0.15) is 0 Å². The molecule has 1 aromatic heterocycles. The van der Waals surface area contributed by atoms with Crippen molar-refractivity contribution in [2.45, 2.75) is 45.8 Å². The molecule has 1 aliphatic heterocycles. The van der Waals surface area contributed by atoms with E-state index in [0.29, 0.717) is 24.7 Å². The summed E-state index contributed by atoms with van der Waals surface area (Å²) in [5, 5.41) is 2.95. The molecule has 1 saturated carbocycles. The number of rotatable bonds is 4. The quantitative estimate of drug-likeness (QED) is 0.904. The number of hydrogen-bond donors (Lipinski definition) is 1. The minimum absolute atomic E-state index is 0.157. The molecule has 27 heavy (non-hydrogen) atoms. The third kappa shape index (κ3) is 3.75. The molecule has 1 N–H and O–H groups in total. The molecule has 4 rings (SSSR count). The topological polar surface area (TPSA) is 67.2 Å². The van der Waals surface area contributed by atoms with E-state index in [4.69, 9.17) is 0 Å². The number of benzene rings is 1. The van der Waals surface area contributed by atoms with Gasteiger partial charge in [0.05, 0.1) is 18.6 Å². The van der Waals surface area contributed by atoms with Crippen LogP contribution in [0.15, 0.2) is 36.7 Å². The standard InChI is InChI=1S/C21H26N4O2/c1-15-10-17(11-15)21(27)24-8-5-9-25-14-23-19(18(25)13-24)20(26)22-12-16-6-3-2-4-7-16/h2-4,6-7,14-15,17H,5,8-13H2,1H3,(H,22,26). The van der Waals surface area contributed by atoms with Crippen molar-refractivity contribution in [3.05, 3.63) is 53.6 Å². The van der Waals surface area contributed by atoms with Gasteiger partial charge in [-0.3, -0.25) is 9.59 Å². The van der Waals surface area contributed by atoms with E-state index in [-0.39, 0.29) is 17.7 Å². The van der Waals surface area contributed by atoms with Crippen LogP contribution in [-0.4, -0.2) is 32.8 Å². The van der Waals surface area contributed by atoms with E-state index in [1.807, 2.05) is 39.8 Å². The summed E-state index contributed by atoms with van der Waals surface area (Å²) in [5.41, 5.74) is 2.33. The van der Waals surface area contributed by atoms with E-state index in [1.165, 1.54) is 0 Å². The number of carbonyl (C=O) groups is 2. The Bertz CT molecular complexity index is 824. The molecule has 2 aliphatic rings. The van der Waals surface area contributed by atoms with Crippen LogP contribution < -0.4 is 5.32 Å². The van der Waals surface area contributed by atoms with Gasteiger partial charge in [-0.25, -0.2) is 4.98 Å². The Labute approximate surface area is 159 Å². The summed E-state index contributed by atoms with van der Waals surface area (Å²) < 4.78 is 2.02. The first kappa shape index (κ1) is 17.8. The fourth-order valence-corrected chi connectivity index (χ4v) is 4.06. The van der Waals surface area contributed by atoms with Crippen LogP contribution in [-0.2, 0) is 24.4 Å². The number of hydrogen-bond acceptors (Lipinski definition) is 3. The Morgan fingerprint density at radius 1 is 1.19 bits per heavy atom. The number of aryl methyl sites for hydroxylation is 1. The first-order chi connectivity index (χ1) is 13.1. The number of fused-ring (bicyclic) bond motifs is 1. The number of carbonyl (C=O) groups excluding carboxylic acids is 2. The lowest BCUT2D eigenvalue weighted by Gasteiger charge is -2.35. The zero-order chi connectivity index (χ0) is 18.8. The second-order valence-electron chi connectivity index (χ2n) is 7.79. The second-order valence-corrected chi connectivity index (χ2v) is 7.79. The maximum Gasteiger partial charge on any atom is 0.272 e. The molecule has 1 aliphatic carbocycles. The van der Waals surface area contributed by atoms with Crippen molar-refractivity contribution >= 4 is 11.8 Å². The molecule has 1 fully saturated rings. The Morgan fingerprint density at radius 2 is 1.96 bits per heavy atom.